The molecular weight excluding hydrogens is 442 g/mol. The predicted octanol–water partition coefficient (Wildman–Crippen LogP) is 6.46. The quantitative estimate of drug-likeness (QED) is 0.318. The summed E-state index contributed by atoms with van der Waals surface area (Å²) in [5.74, 6) is 0.975. The number of aromatic amines is 1. The van der Waals surface area contributed by atoms with Crippen LogP contribution in [0.4, 0.5) is 5.69 Å². The average molecular weight is 474 g/mol. The number of nitrogens with one attached hydrogen (secondary N) is 1. The van der Waals surface area contributed by atoms with Gasteiger partial charge in [-0.2, -0.15) is 0 Å². The summed E-state index contributed by atoms with van der Waals surface area (Å²) in [4.78, 5) is 8.46. The Hall–Kier alpha value is -2.95. The average Bonchev–Trinajstić information content (AvgIpc) is 3.26. The molecule has 0 atom stereocenters. The van der Waals surface area contributed by atoms with Gasteiger partial charge in [0.15, 0.2) is 0 Å². The second-order valence-electron chi connectivity index (χ2n) is 9.11. The van der Waals surface area contributed by atoms with Gasteiger partial charge in [-0.3, -0.25) is 4.90 Å². The number of anilines is 1. The number of aryl methyl sites for hydroxylation is 1. The van der Waals surface area contributed by atoms with Crippen molar-refractivity contribution in [2.45, 2.75) is 26.4 Å². The molecule has 1 aliphatic rings. The zero-order chi connectivity index (χ0) is 23.3. The molecule has 0 unspecified atom stereocenters. The number of nitrogens with zero attached hydrogens (tertiary/aromatic N) is 2. The summed E-state index contributed by atoms with van der Waals surface area (Å²) in [7, 11) is 0. The number of ether oxygens (including phenoxy) is 1. The Morgan fingerprint density at radius 1 is 0.941 bits per heavy atom. The molecule has 176 valence electrons. The maximum Gasteiger partial charge on any atom is 0.124 e. The lowest BCUT2D eigenvalue weighted by Gasteiger charge is -2.37. The van der Waals surface area contributed by atoms with Gasteiger partial charge < -0.3 is 14.6 Å². The normalized spacial score (nSPS) is 14.6. The van der Waals surface area contributed by atoms with Crippen LogP contribution in [0.3, 0.4) is 0 Å². The lowest BCUT2D eigenvalue weighted by Crippen LogP contribution is -2.46. The molecule has 0 bridgehead atoms. The first-order chi connectivity index (χ1) is 16.7. The number of piperazine rings is 1. The molecule has 2 heterocycles. The van der Waals surface area contributed by atoms with E-state index in [4.69, 9.17) is 16.3 Å². The van der Waals surface area contributed by atoms with E-state index in [9.17, 15) is 0 Å². The molecule has 0 amide bonds. The molecule has 3 aromatic carbocycles. The van der Waals surface area contributed by atoms with Gasteiger partial charge in [-0.15, -0.1) is 0 Å². The van der Waals surface area contributed by atoms with Gasteiger partial charge in [0, 0.05) is 59.6 Å². The number of H-pyrrole nitrogens is 1. The van der Waals surface area contributed by atoms with Gasteiger partial charge in [-0.1, -0.05) is 48.0 Å². The van der Waals surface area contributed by atoms with Crippen LogP contribution in [0.25, 0.3) is 10.9 Å². The van der Waals surface area contributed by atoms with E-state index in [1.54, 1.807) is 0 Å². The second kappa shape index (κ2) is 10.5. The summed E-state index contributed by atoms with van der Waals surface area (Å²) >= 11 is 6.20. The number of halogens is 1. The standard InChI is InChI=1S/C29H32ClN3O/c1-22-28(10-5-11-29(22)34-21-23-7-3-2-4-8-23)33-17-15-32(16-18-33)14-6-9-24-20-31-27-13-12-25(30)19-26(24)27/h2-5,7-8,10-13,19-20,31H,6,9,14-18,21H2,1H3. The van der Waals surface area contributed by atoms with Gasteiger partial charge in [0.25, 0.3) is 0 Å². The summed E-state index contributed by atoms with van der Waals surface area (Å²) in [6, 6.07) is 22.8. The van der Waals surface area contributed by atoms with Gasteiger partial charge in [0.1, 0.15) is 12.4 Å². The van der Waals surface area contributed by atoms with Gasteiger partial charge in [-0.05, 0) is 67.8 Å². The Kier molecular flexibility index (Phi) is 7.08. The molecule has 0 radical (unpaired) electrons. The van der Waals surface area contributed by atoms with E-state index in [0.717, 1.165) is 56.3 Å². The van der Waals surface area contributed by atoms with Gasteiger partial charge in [-0.25, -0.2) is 0 Å². The van der Waals surface area contributed by atoms with Gasteiger partial charge >= 0.3 is 0 Å². The Labute approximate surface area is 207 Å². The molecule has 1 aromatic heterocycles. The van der Waals surface area contributed by atoms with E-state index >= 15 is 0 Å². The third kappa shape index (κ3) is 5.24. The molecule has 1 N–H and O–H groups in total. The number of rotatable bonds is 8. The zero-order valence-corrected chi connectivity index (χ0v) is 20.5. The van der Waals surface area contributed by atoms with Gasteiger partial charge in [0.2, 0.25) is 0 Å². The third-order valence-corrected chi connectivity index (χ3v) is 7.09. The molecule has 1 saturated heterocycles. The highest BCUT2D eigenvalue weighted by molar-refractivity contribution is 6.31. The zero-order valence-electron chi connectivity index (χ0n) is 19.8. The molecule has 4 aromatic rings. The summed E-state index contributed by atoms with van der Waals surface area (Å²) < 4.78 is 6.15. The number of fused-ring (bicyclic) bond motifs is 1. The van der Waals surface area contributed by atoms with Crippen molar-refractivity contribution < 1.29 is 4.74 Å². The highest BCUT2D eigenvalue weighted by Crippen LogP contribution is 2.30. The molecular formula is C29H32ClN3O. The Balaban J connectivity index is 1.13. The van der Waals surface area contributed by atoms with E-state index in [1.165, 1.54) is 33.3 Å². The lowest BCUT2D eigenvalue weighted by molar-refractivity contribution is 0.255. The van der Waals surface area contributed by atoms with Crippen molar-refractivity contribution >= 4 is 28.2 Å². The molecule has 5 heteroatoms. The van der Waals surface area contributed by atoms with Crippen LogP contribution in [-0.2, 0) is 13.0 Å². The van der Waals surface area contributed by atoms with Crippen molar-refractivity contribution in [1.29, 1.82) is 0 Å². The first-order valence-corrected chi connectivity index (χ1v) is 12.5. The van der Waals surface area contributed by atoms with Crippen molar-refractivity contribution in [1.82, 2.24) is 9.88 Å². The summed E-state index contributed by atoms with van der Waals surface area (Å²) in [6.45, 7) is 8.18. The minimum absolute atomic E-state index is 0.599. The van der Waals surface area contributed by atoms with Crippen LogP contribution in [0.15, 0.2) is 72.9 Å². The molecule has 5 rings (SSSR count). The largest absolute Gasteiger partial charge is 0.489 e. The number of hydrogen-bond acceptors (Lipinski definition) is 3. The fourth-order valence-corrected chi connectivity index (χ4v) is 5.07. The molecule has 0 aliphatic carbocycles. The number of aromatic nitrogens is 1. The van der Waals surface area contributed by atoms with Crippen molar-refractivity contribution in [3.05, 3.63) is 94.6 Å². The maximum absolute atomic E-state index is 6.20. The highest BCUT2D eigenvalue weighted by atomic mass is 35.5. The third-order valence-electron chi connectivity index (χ3n) is 6.86. The van der Waals surface area contributed by atoms with Crippen molar-refractivity contribution in [2.75, 3.05) is 37.6 Å². The number of hydrogen-bond donors (Lipinski definition) is 1. The topological polar surface area (TPSA) is 31.5 Å². The monoisotopic (exact) mass is 473 g/mol. The Morgan fingerprint density at radius 2 is 1.76 bits per heavy atom. The van der Waals surface area contributed by atoms with Crippen LogP contribution >= 0.6 is 11.6 Å². The van der Waals surface area contributed by atoms with Crippen LogP contribution in [0.1, 0.15) is 23.1 Å². The second-order valence-corrected chi connectivity index (χ2v) is 9.55. The van der Waals surface area contributed by atoms with Crippen molar-refractivity contribution in [3.63, 3.8) is 0 Å². The fraction of sp³-hybridized carbons (Fsp3) is 0.310. The van der Waals surface area contributed by atoms with Crippen LogP contribution in [-0.4, -0.2) is 42.6 Å². The maximum atomic E-state index is 6.20. The highest BCUT2D eigenvalue weighted by Gasteiger charge is 2.19. The molecule has 0 saturated carbocycles. The van der Waals surface area contributed by atoms with E-state index in [0.29, 0.717) is 6.61 Å². The van der Waals surface area contributed by atoms with Crippen LogP contribution < -0.4 is 9.64 Å². The Morgan fingerprint density at radius 3 is 2.59 bits per heavy atom. The number of benzene rings is 3. The van der Waals surface area contributed by atoms with Crippen LogP contribution in [0, 0.1) is 6.92 Å². The molecule has 1 fully saturated rings. The predicted molar refractivity (Wildman–Crippen MR) is 142 cm³/mol. The van der Waals surface area contributed by atoms with Crippen molar-refractivity contribution in [3.8, 4) is 5.75 Å². The molecule has 0 spiro atoms. The molecule has 4 nitrogen and oxygen atoms in total. The lowest BCUT2D eigenvalue weighted by atomic mass is 10.1. The van der Waals surface area contributed by atoms with Gasteiger partial charge in [0.05, 0.1) is 0 Å². The molecule has 34 heavy (non-hydrogen) atoms. The van der Waals surface area contributed by atoms with Crippen LogP contribution in [0.2, 0.25) is 5.02 Å². The smallest absolute Gasteiger partial charge is 0.124 e. The fourth-order valence-electron chi connectivity index (χ4n) is 4.90. The van der Waals surface area contributed by atoms with Crippen LogP contribution in [0.5, 0.6) is 5.75 Å². The van der Waals surface area contributed by atoms with E-state index in [2.05, 4.69) is 82.5 Å². The van der Waals surface area contributed by atoms with E-state index in [1.807, 2.05) is 12.1 Å². The first-order valence-electron chi connectivity index (χ1n) is 12.2. The first kappa shape index (κ1) is 22.8. The SMILES string of the molecule is Cc1c(OCc2ccccc2)cccc1N1CCN(CCCc2c[nH]c3ccc(Cl)cc23)CC1. The van der Waals surface area contributed by atoms with E-state index in [-0.39, 0.29) is 0 Å². The summed E-state index contributed by atoms with van der Waals surface area (Å²) in [6.07, 6.45) is 4.36. The Bertz CT molecular complexity index is 1230. The minimum Gasteiger partial charge on any atom is -0.489 e. The van der Waals surface area contributed by atoms with Crippen molar-refractivity contribution in [2.24, 2.45) is 0 Å². The minimum atomic E-state index is 0.599. The van der Waals surface area contributed by atoms with E-state index < -0.39 is 0 Å². The molecule has 1 aliphatic heterocycles. The summed E-state index contributed by atoms with van der Waals surface area (Å²) in [5.41, 5.74) is 6.24. The summed E-state index contributed by atoms with van der Waals surface area (Å²) in [5, 5.41) is 2.05.